The zero-order chi connectivity index (χ0) is 90.5. The summed E-state index contributed by atoms with van der Waals surface area (Å²) in [4.78, 5) is 0. The van der Waals surface area contributed by atoms with Crippen LogP contribution < -0.4 is 0 Å². The fraction of sp³-hybridized carbons (Fsp3) is 1.00. The number of rotatable bonds is 0. The van der Waals surface area contributed by atoms with E-state index in [-0.39, 0.29) is 0 Å². The third kappa shape index (κ3) is 42.2. The molecule has 21 aliphatic carbocycles. The summed E-state index contributed by atoms with van der Waals surface area (Å²) in [6.45, 7) is 71.4. The van der Waals surface area contributed by atoms with E-state index < -0.39 is 0 Å². The molecule has 0 amide bonds. The monoisotopic (exact) mass is 1710 g/mol. The van der Waals surface area contributed by atoms with Gasteiger partial charge in [-0.15, -0.1) is 0 Å². The maximum Gasteiger partial charge on any atom is -0.0323 e. The minimum atomic E-state index is 0.694. The minimum absolute atomic E-state index is 0.694. The van der Waals surface area contributed by atoms with Crippen LogP contribution >= 0.6 is 0 Å². The average molecular weight is 1710 g/mol. The summed E-state index contributed by atoms with van der Waals surface area (Å²) in [6, 6.07) is 0. The Balaban J connectivity index is 0.000000182. The van der Waals surface area contributed by atoms with Crippen LogP contribution in [0.25, 0.3) is 0 Å². The van der Waals surface area contributed by atoms with E-state index in [1.54, 1.807) is 44.9 Å². The summed E-state index contributed by atoms with van der Waals surface area (Å²) in [5.41, 5.74) is 2.16. The second kappa shape index (κ2) is 55.1. The van der Waals surface area contributed by atoms with Crippen LogP contribution in [0.4, 0.5) is 0 Å². The van der Waals surface area contributed by atoms with Crippen molar-refractivity contribution in [3.8, 4) is 0 Å². The van der Waals surface area contributed by atoms with Gasteiger partial charge in [0, 0.05) is 0 Å². The van der Waals surface area contributed by atoms with Gasteiger partial charge in [0.2, 0.25) is 0 Å². The predicted molar refractivity (Wildman–Crippen MR) is 552 cm³/mol. The van der Waals surface area contributed by atoms with Gasteiger partial charge in [-0.2, -0.15) is 0 Å². The van der Waals surface area contributed by atoms with E-state index >= 15 is 0 Å². The Hall–Kier alpha value is 0. The van der Waals surface area contributed by atoms with E-state index in [2.05, 4.69) is 208 Å². The molecular formula is C123H234. The highest BCUT2D eigenvalue weighted by Crippen LogP contribution is 2.62. The van der Waals surface area contributed by atoms with Crippen LogP contribution in [0.3, 0.4) is 0 Å². The third-order valence-corrected chi connectivity index (χ3v) is 40.1. The second-order valence-electron chi connectivity index (χ2n) is 55.4. The normalized spacial score (nSPS) is 45.2. The maximum absolute atomic E-state index is 2.49. The summed E-state index contributed by atoms with van der Waals surface area (Å²) >= 11 is 0. The van der Waals surface area contributed by atoms with Gasteiger partial charge >= 0.3 is 0 Å². The highest BCUT2D eigenvalue weighted by Gasteiger charge is 2.54. The summed E-state index contributed by atoms with van der Waals surface area (Å²) in [7, 11) is 0. The van der Waals surface area contributed by atoms with E-state index in [1.807, 2.05) is 0 Å². The zero-order valence-electron chi connectivity index (χ0n) is 90.5. The van der Waals surface area contributed by atoms with E-state index in [0.717, 1.165) is 213 Å². The molecule has 28 unspecified atom stereocenters. The SMILES string of the molecule is CC1(C)CC1.CC1(C)CC2CCC1C2.CC1(C)CCCC1.CC1CC(C)C1.CC1CC1C.CC1CC2C3CC(C)C(C3)C2C1.CC1CC2CC(C)C1C2.CC1CC2CC1CC2C.CC1CCC(C)C1.CC1CCC(C)CC1.CC1CCC1C.CC1CCC2CC(C)CCC2C1.CC1CCCC(C)C1.CC1CCCC(C)CCC1.CC1CCCCC(C)CC1. The lowest BCUT2D eigenvalue weighted by molar-refractivity contribution is 0.109. The average Bonchev–Trinajstić information content (AvgIpc) is 1.59. The molecule has 0 heterocycles. The molecular weight excluding hydrogens is 1480 g/mol. The molecule has 21 fully saturated rings. The molecule has 0 radical (unpaired) electrons. The molecule has 726 valence electrons. The molecule has 8 bridgehead atoms. The van der Waals surface area contributed by atoms with Gasteiger partial charge in [-0.25, -0.2) is 0 Å². The van der Waals surface area contributed by atoms with Gasteiger partial charge in [0.15, 0.2) is 0 Å². The maximum atomic E-state index is 2.49. The van der Waals surface area contributed by atoms with Crippen LogP contribution in [0.2, 0.25) is 0 Å². The van der Waals surface area contributed by atoms with Crippen LogP contribution in [-0.2, 0) is 0 Å². The Morgan fingerprint density at radius 3 is 0.732 bits per heavy atom. The lowest BCUT2D eigenvalue weighted by Gasteiger charge is -2.40. The molecule has 0 aliphatic heterocycles. The molecule has 0 spiro atoms. The van der Waals surface area contributed by atoms with Gasteiger partial charge in [-0.1, -0.05) is 387 Å². The van der Waals surface area contributed by atoms with Crippen LogP contribution in [0, 0.1) is 229 Å². The van der Waals surface area contributed by atoms with Crippen molar-refractivity contribution in [2.75, 3.05) is 0 Å². The molecule has 21 rings (SSSR count). The molecule has 0 aromatic heterocycles. The predicted octanol–water partition coefficient (Wildman–Crippen LogP) is 40.9. The number of hydrogen-bond donors (Lipinski definition) is 0. The largest absolute Gasteiger partial charge is 0.0625 e. The van der Waals surface area contributed by atoms with Crippen molar-refractivity contribution in [3.05, 3.63) is 0 Å². The van der Waals surface area contributed by atoms with Gasteiger partial charge in [0.25, 0.3) is 0 Å². The van der Waals surface area contributed by atoms with Crippen LogP contribution in [-0.4, -0.2) is 0 Å². The zero-order valence-corrected chi connectivity index (χ0v) is 90.5. The summed E-state index contributed by atoms with van der Waals surface area (Å²) in [5.74, 6) is 38.3. The molecule has 0 nitrogen and oxygen atoms in total. The van der Waals surface area contributed by atoms with Crippen molar-refractivity contribution in [1.29, 1.82) is 0 Å². The molecule has 0 aromatic rings. The molecule has 28 atom stereocenters. The van der Waals surface area contributed by atoms with E-state index in [0.29, 0.717) is 10.8 Å². The minimum Gasteiger partial charge on any atom is -0.0625 e. The Kier molecular flexibility index (Phi) is 49.3. The number of fused-ring (bicyclic) bond motifs is 12. The first-order valence-electron chi connectivity index (χ1n) is 58.0. The van der Waals surface area contributed by atoms with Gasteiger partial charge in [0.05, 0.1) is 0 Å². The quantitative estimate of drug-likeness (QED) is 0.227. The Morgan fingerprint density at radius 2 is 0.472 bits per heavy atom. The molecule has 21 saturated carbocycles. The molecule has 0 aromatic carbocycles. The standard InChI is InChI=1S/C12H20.C12H22.2C10H20.3C9H16.2C8H16.2C7H14.2C6H12.2C5H10/c1-7-3-11-9-5-8(2)10(6-9)12(11)4-7;1-9-3-5-12-8-10(2)4-6-11(12)7-9;1-9-5-3-7-10(2)8-4-6-9;1-9-5-3-4-6-10(2)8-7-9;1-6-3-9-5-8(6)4-7(9)2;1-6-3-8-4-7(2)9(6)5-8;1-9(2)6-7-3-4-8(9)5-7;1-7-3-5-8(2)6-4-7;1-7-4-3-5-8(2)6-7;1-6-3-4-7(2)5-6;1-7(2)5-3-4-6-7;1-5-3-6(2)4-5;1-5-3-4-6(5)2;1-5(2)3-4-5;1-4-3-5(4)2/h7-12H,3-6H2,1-2H3;9-12H,3-8H2,1-2H3;2*9-10H,3-8H2,1-2H3;2*6-9H,3-5H2,1-2H3;7-8H,3-6H2,1-2H3;2*7-8H,3-6H2,1-2H3;6-7H,3-5H2,1-2H3;3-6H2,1-2H3;2*5-6H,3-4H2,1-2H3;3-4H2,1-2H3;4-5H,3H2,1-2H3. The summed E-state index contributed by atoms with van der Waals surface area (Å²) < 4.78 is 0. The topological polar surface area (TPSA) is 0 Å². The van der Waals surface area contributed by atoms with Crippen LogP contribution in [0.5, 0.6) is 0 Å². The van der Waals surface area contributed by atoms with Gasteiger partial charge in [-0.05, 0) is 396 Å². The van der Waals surface area contributed by atoms with E-state index in [4.69, 9.17) is 0 Å². The molecule has 0 saturated heterocycles. The fourth-order valence-electron chi connectivity index (χ4n) is 29.5. The van der Waals surface area contributed by atoms with Gasteiger partial charge < -0.3 is 0 Å². The Morgan fingerprint density at radius 1 is 0.154 bits per heavy atom. The molecule has 123 heavy (non-hydrogen) atoms. The summed E-state index contributed by atoms with van der Waals surface area (Å²) in [5, 5.41) is 0. The van der Waals surface area contributed by atoms with Crippen LogP contribution in [0.1, 0.15) is 554 Å². The van der Waals surface area contributed by atoms with Crippen molar-refractivity contribution in [1.82, 2.24) is 0 Å². The van der Waals surface area contributed by atoms with E-state index in [1.165, 1.54) is 308 Å². The summed E-state index contributed by atoms with van der Waals surface area (Å²) in [6.07, 6.45) is 80.9. The lowest BCUT2D eigenvalue weighted by Crippen LogP contribution is -2.29. The Labute approximate surface area is 778 Å². The first-order valence-corrected chi connectivity index (χ1v) is 58.0. The van der Waals surface area contributed by atoms with E-state index in [9.17, 15) is 0 Å². The molecule has 0 heteroatoms. The second-order valence-corrected chi connectivity index (χ2v) is 55.4. The van der Waals surface area contributed by atoms with Crippen molar-refractivity contribution in [2.24, 2.45) is 229 Å². The van der Waals surface area contributed by atoms with Crippen molar-refractivity contribution < 1.29 is 0 Å². The van der Waals surface area contributed by atoms with Crippen molar-refractivity contribution >= 4 is 0 Å². The van der Waals surface area contributed by atoms with Crippen molar-refractivity contribution in [2.45, 2.75) is 554 Å². The van der Waals surface area contributed by atoms with Crippen LogP contribution in [0.15, 0.2) is 0 Å². The van der Waals surface area contributed by atoms with Crippen molar-refractivity contribution in [3.63, 3.8) is 0 Å². The first-order chi connectivity index (χ1) is 58.0. The van der Waals surface area contributed by atoms with Gasteiger partial charge in [-0.3, -0.25) is 0 Å². The van der Waals surface area contributed by atoms with Gasteiger partial charge in [0.1, 0.15) is 0 Å². The third-order valence-electron chi connectivity index (χ3n) is 40.1. The Bertz CT molecular complexity index is 2530. The molecule has 21 aliphatic rings. The molecule has 0 N–H and O–H groups in total. The lowest BCUT2D eigenvalue weighted by atomic mass is 9.65. The smallest absolute Gasteiger partial charge is 0.0323 e. The number of hydrogen-bond acceptors (Lipinski definition) is 0. The highest BCUT2D eigenvalue weighted by molar-refractivity contribution is 5.03. The highest BCUT2D eigenvalue weighted by atomic mass is 14.6. The first kappa shape index (κ1) is 110. The fourth-order valence-corrected chi connectivity index (χ4v) is 29.5.